The van der Waals surface area contributed by atoms with E-state index in [1.54, 1.807) is 0 Å². The molecule has 1 aromatic heterocycles. The molecule has 1 aromatic rings. The molecule has 1 atom stereocenters. The van der Waals surface area contributed by atoms with E-state index in [0.717, 1.165) is 12.1 Å². The Labute approximate surface area is 85.0 Å². The Balaban J connectivity index is 2.68. The summed E-state index contributed by atoms with van der Waals surface area (Å²) in [4.78, 5) is 0. The van der Waals surface area contributed by atoms with Crippen LogP contribution in [-0.2, 0) is 11.3 Å². The van der Waals surface area contributed by atoms with E-state index in [1.165, 1.54) is 0 Å². The van der Waals surface area contributed by atoms with Crippen molar-refractivity contribution in [3.05, 3.63) is 18.0 Å². The van der Waals surface area contributed by atoms with Gasteiger partial charge in [0.2, 0.25) is 0 Å². The molecule has 0 fully saturated rings. The van der Waals surface area contributed by atoms with Gasteiger partial charge in [-0.2, -0.15) is 5.10 Å². The van der Waals surface area contributed by atoms with E-state index in [2.05, 4.69) is 12.0 Å². The highest BCUT2D eigenvalue weighted by atomic mass is 16.5. The fourth-order valence-corrected chi connectivity index (χ4v) is 1.32. The number of hydrogen-bond donors (Lipinski definition) is 1. The summed E-state index contributed by atoms with van der Waals surface area (Å²) in [6.07, 6.45) is 3.97. The van der Waals surface area contributed by atoms with Crippen molar-refractivity contribution in [3.8, 4) is 0 Å². The molecule has 0 aromatic carbocycles. The number of aryl methyl sites for hydroxylation is 1. The highest BCUT2D eigenvalue weighted by Gasteiger charge is 2.13. The maximum Gasteiger partial charge on any atom is 0.0980 e. The molecule has 80 valence electrons. The van der Waals surface area contributed by atoms with Gasteiger partial charge in [0.15, 0.2) is 0 Å². The molecule has 0 saturated heterocycles. The summed E-state index contributed by atoms with van der Waals surface area (Å²) in [7, 11) is 0. The zero-order valence-electron chi connectivity index (χ0n) is 9.10. The highest BCUT2D eigenvalue weighted by Crippen LogP contribution is 2.16. The van der Waals surface area contributed by atoms with E-state index >= 15 is 0 Å². The molecule has 1 rings (SSSR count). The van der Waals surface area contributed by atoms with Gasteiger partial charge in [0, 0.05) is 24.8 Å². The number of hydrogen-bond acceptors (Lipinski definition) is 3. The van der Waals surface area contributed by atoms with E-state index < -0.39 is 0 Å². The largest absolute Gasteiger partial charge is 0.369 e. The molecule has 1 unspecified atom stereocenters. The average Bonchev–Trinajstić information content (AvgIpc) is 2.62. The Bertz CT molecular complexity index is 270. The van der Waals surface area contributed by atoms with E-state index in [-0.39, 0.29) is 12.2 Å². The first-order valence-electron chi connectivity index (χ1n) is 5.05. The molecule has 0 saturated carbocycles. The monoisotopic (exact) mass is 197 g/mol. The average molecular weight is 197 g/mol. The lowest BCUT2D eigenvalue weighted by Crippen LogP contribution is -2.18. The Morgan fingerprint density at radius 2 is 2.29 bits per heavy atom. The number of nitrogens with zero attached hydrogens (tertiary/aromatic N) is 2. The van der Waals surface area contributed by atoms with Crippen LogP contribution in [0.2, 0.25) is 0 Å². The quantitative estimate of drug-likeness (QED) is 0.774. The normalized spacial score (nSPS) is 13.5. The Morgan fingerprint density at radius 3 is 2.71 bits per heavy atom. The van der Waals surface area contributed by atoms with Crippen LogP contribution < -0.4 is 5.73 Å². The van der Waals surface area contributed by atoms with Crippen molar-refractivity contribution in [2.24, 2.45) is 5.73 Å². The molecule has 4 heteroatoms. The van der Waals surface area contributed by atoms with Crippen molar-refractivity contribution in [3.63, 3.8) is 0 Å². The highest BCUT2D eigenvalue weighted by molar-refractivity contribution is 5.08. The molecular formula is C10H19N3O. The minimum Gasteiger partial charge on any atom is -0.369 e. The topological polar surface area (TPSA) is 53.1 Å². The Hall–Kier alpha value is -0.870. The van der Waals surface area contributed by atoms with Crippen molar-refractivity contribution >= 4 is 0 Å². The van der Waals surface area contributed by atoms with Gasteiger partial charge < -0.3 is 10.5 Å². The molecule has 0 aliphatic carbocycles. The first-order chi connectivity index (χ1) is 6.67. The number of aromatic nitrogens is 2. The van der Waals surface area contributed by atoms with E-state index in [4.69, 9.17) is 10.5 Å². The van der Waals surface area contributed by atoms with Gasteiger partial charge in [0.25, 0.3) is 0 Å². The standard InChI is InChI=1S/C10H19N3O/c1-4-13-7-9(6-12-13)10(5-11)14-8(2)3/h6-8,10H,4-5,11H2,1-3H3. The van der Waals surface area contributed by atoms with Crippen molar-refractivity contribution in [1.29, 1.82) is 0 Å². The van der Waals surface area contributed by atoms with Gasteiger partial charge in [0.05, 0.1) is 18.4 Å². The smallest absolute Gasteiger partial charge is 0.0980 e. The van der Waals surface area contributed by atoms with Crippen molar-refractivity contribution < 1.29 is 4.74 Å². The van der Waals surface area contributed by atoms with E-state index in [1.807, 2.05) is 30.9 Å². The van der Waals surface area contributed by atoms with Crippen LogP contribution in [0.25, 0.3) is 0 Å². The van der Waals surface area contributed by atoms with Gasteiger partial charge in [-0.05, 0) is 20.8 Å². The fraction of sp³-hybridized carbons (Fsp3) is 0.700. The molecule has 2 N–H and O–H groups in total. The molecule has 4 nitrogen and oxygen atoms in total. The molecule has 0 bridgehead atoms. The van der Waals surface area contributed by atoms with Gasteiger partial charge >= 0.3 is 0 Å². The number of rotatable bonds is 5. The maximum atomic E-state index is 5.67. The van der Waals surface area contributed by atoms with Crippen molar-refractivity contribution in [2.75, 3.05) is 6.54 Å². The maximum absolute atomic E-state index is 5.67. The molecule has 1 heterocycles. The molecule has 0 spiro atoms. The van der Waals surface area contributed by atoms with Crippen LogP contribution in [0.3, 0.4) is 0 Å². The van der Waals surface area contributed by atoms with Crippen molar-refractivity contribution in [2.45, 2.75) is 39.5 Å². The Morgan fingerprint density at radius 1 is 1.57 bits per heavy atom. The summed E-state index contributed by atoms with van der Waals surface area (Å²) in [5, 5.41) is 4.19. The van der Waals surface area contributed by atoms with Crippen LogP contribution >= 0.6 is 0 Å². The molecule has 14 heavy (non-hydrogen) atoms. The summed E-state index contributed by atoms with van der Waals surface area (Å²) in [6.45, 7) is 7.43. The summed E-state index contributed by atoms with van der Waals surface area (Å²) in [5.41, 5.74) is 6.70. The minimum atomic E-state index is -0.0321. The lowest BCUT2D eigenvalue weighted by atomic mass is 10.2. The van der Waals surface area contributed by atoms with E-state index in [0.29, 0.717) is 6.54 Å². The lowest BCUT2D eigenvalue weighted by molar-refractivity contribution is 0.0119. The molecule has 0 amide bonds. The summed E-state index contributed by atoms with van der Waals surface area (Å²) in [5.74, 6) is 0. The van der Waals surface area contributed by atoms with Gasteiger partial charge in [-0.25, -0.2) is 0 Å². The number of ether oxygens (including phenoxy) is 1. The first-order valence-corrected chi connectivity index (χ1v) is 5.05. The minimum absolute atomic E-state index is 0.0321. The predicted molar refractivity (Wildman–Crippen MR) is 55.9 cm³/mol. The van der Waals surface area contributed by atoms with Gasteiger partial charge in [-0.3, -0.25) is 4.68 Å². The third-order valence-corrected chi connectivity index (χ3v) is 2.00. The van der Waals surface area contributed by atoms with Crippen LogP contribution in [0.5, 0.6) is 0 Å². The third kappa shape index (κ3) is 2.82. The zero-order valence-corrected chi connectivity index (χ0v) is 9.10. The first kappa shape index (κ1) is 11.2. The third-order valence-electron chi connectivity index (χ3n) is 2.00. The van der Waals surface area contributed by atoms with Gasteiger partial charge in [-0.1, -0.05) is 0 Å². The fourth-order valence-electron chi connectivity index (χ4n) is 1.32. The second-order valence-electron chi connectivity index (χ2n) is 3.54. The number of nitrogens with two attached hydrogens (primary N) is 1. The lowest BCUT2D eigenvalue weighted by Gasteiger charge is -2.17. The second-order valence-corrected chi connectivity index (χ2v) is 3.54. The predicted octanol–water partition coefficient (Wildman–Crippen LogP) is 1.33. The van der Waals surface area contributed by atoms with Crippen LogP contribution in [-0.4, -0.2) is 22.4 Å². The SMILES string of the molecule is CCn1cc(C(CN)OC(C)C)cn1. The Kier molecular flexibility index (Phi) is 4.10. The summed E-state index contributed by atoms with van der Waals surface area (Å²) in [6, 6.07) is 0. The summed E-state index contributed by atoms with van der Waals surface area (Å²) >= 11 is 0. The van der Waals surface area contributed by atoms with Gasteiger partial charge in [0.1, 0.15) is 0 Å². The van der Waals surface area contributed by atoms with Crippen molar-refractivity contribution in [1.82, 2.24) is 9.78 Å². The second kappa shape index (κ2) is 5.12. The molecular weight excluding hydrogens is 178 g/mol. The molecule has 0 aliphatic rings. The van der Waals surface area contributed by atoms with Gasteiger partial charge in [-0.15, -0.1) is 0 Å². The van der Waals surface area contributed by atoms with Crippen LogP contribution in [0.4, 0.5) is 0 Å². The van der Waals surface area contributed by atoms with Crippen LogP contribution in [0.15, 0.2) is 12.4 Å². The van der Waals surface area contributed by atoms with Crippen LogP contribution in [0.1, 0.15) is 32.4 Å². The zero-order chi connectivity index (χ0) is 10.6. The summed E-state index contributed by atoms with van der Waals surface area (Å²) < 4.78 is 7.54. The van der Waals surface area contributed by atoms with Crippen LogP contribution in [0, 0.1) is 0 Å². The molecule has 0 radical (unpaired) electrons. The molecule has 0 aliphatic heterocycles. The van der Waals surface area contributed by atoms with E-state index in [9.17, 15) is 0 Å².